The summed E-state index contributed by atoms with van der Waals surface area (Å²) in [5, 5.41) is 4.87. The van der Waals surface area contributed by atoms with Crippen molar-refractivity contribution in [2.75, 3.05) is 10.6 Å². The van der Waals surface area contributed by atoms with E-state index in [1.165, 1.54) is 36.4 Å². The third-order valence-corrected chi connectivity index (χ3v) is 14.2. The van der Waals surface area contributed by atoms with Crippen LogP contribution in [-0.2, 0) is 31.9 Å². The molecule has 2 atom stereocenters. The molecule has 2 saturated carbocycles. The Morgan fingerprint density at radius 3 is 1.57 bits per heavy atom. The van der Waals surface area contributed by atoms with Crippen molar-refractivity contribution in [3.8, 4) is 0 Å². The first-order valence-corrected chi connectivity index (χ1v) is 22.2. The maximum absolute atomic E-state index is 13.3. The molecule has 0 radical (unpaired) electrons. The van der Waals surface area contributed by atoms with E-state index in [1.54, 1.807) is 18.2 Å². The van der Waals surface area contributed by atoms with E-state index in [9.17, 15) is 35.2 Å². The van der Waals surface area contributed by atoms with Crippen LogP contribution < -0.4 is 21.1 Å². The van der Waals surface area contributed by atoms with E-state index in [0.29, 0.717) is 48.2 Å². The molecule has 4 aromatic carbocycles. The van der Waals surface area contributed by atoms with Crippen LogP contribution in [-0.4, -0.2) is 39.1 Å². The number of anilines is 2. The highest BCUT2D eigenvalue weighted by molar-refractivity contribution is 8.14. The van der Waals surface area contributed by atoms with Gasteiger partial charge in [0.25, 0.3) is 11.8 Å². The van der Waals surface area contributed by atoms with Crippen molar-refractivity contribution >= 4 is 88.6 Å². The number of rotatable bonds is 8. The first-order chi connectivity index (χ1) is 26.0. The largest absolute Gasteiger partial charge is 0.324 e. The zero-order valence-corrected chi connectivity index (χ0v) is 34.3. The Bertz CT molecular complexity index is 2360. The number of nitrogens with one attached hydrogen (secondary N) is 3. The van der Waals surface area contributed by atoms with E-state index in [0.717, 1.165) is 47.9 Å². The van der Waals surface area contributed by atoms with E-state index in [4.69, 9.17) is 39.6 Å². The monoisotopic (exact) mass is 888 g/mol. The molecular formula is C38H38Cl4F2N4O6S2. The molecule has 18 heteroatoms. The number of fused-ring (bicyclic) bond motifs is 2. The number of carbonyl (C=O) groups excluding carboxylic acids is 2. The molecule has 10 nitrogen and oxygen atoms in total. The summed E-state index contributed by atoms with van der Waals surface area (Å²) in [5.41, 5.74) is 11.7. The van der Waals surface area contributed by atoms with Crippen LogP contribution in [0.2, 0.25) is 10.0 Å². The van der Waals surface area contributed by atoms with Crippen molar-refractivity contribution in [3.63, 3.8) is 0 Å². The Morgan fingerprint density at radius 1 is 0.661 bits per heavy atom. The highest BCUT2D eigenvalue weighted by Gasteiger charge is 2.39. The average molecular weight is 891 g/mol. The number of benzene rings is 4. The summed E-state index contributed by atoms with van der Waals surface area (Å²) in [7, 11) is -1.56. The Labute approximate surface area is 344 Å². The number of hydrogen-bond donors (Lipinski definition) is 4. The summed E-state index contributed by atoms with van der Waals surface area (Å²) in [6, 6.07) is 18.6. The third-order valence-electron chi connectivity index (χ3n) is 9.62. The van der Waals surface area contributed by atoms with Gasteiger partial charge in [-0.05, 0) is 122 Å². The molecule has 4 aliphatic rings. The summed E-state index contributed by atoms with van der Waals surface area (Å²) < 4.78 is 74.0. The van der Waals surface area contributed by atoms with Crippen molar-refractivity contribution < 1.29 is 35.2 Å². The highest BCUT2D eigenvalue weighted by atomic mass is 35.7. The van der Waals surface area contributed by atoms with Crippen LogP contribution in [0.4, 0.5) is 20.2 Å². The number of amides is 2. The summed E-state index contributed by atoms with van der Waals surface area (Å²) in [6.07, 6.45) is 5.80. The normalized spacial score (nSPS) is 18.2. The molecule has 4 aliphatic carbocycles. The fourth-order valence-electron chi connectivity index (χ4n) is 6.46. The second-order valence-electron chi connectivity index (χ2n) is 13.7. The minimum atomic E-state index is -3.30. The topological polar surface area (TPSA) is 165 Å². The lowest BCUT2D eigenvalue weighted by atomic mass is 10.0. The number of halogens is 6. The second kappa shape index (κ2) is 18.1. The van der Waals surface area contributed by atoms with Gasteiger partial charge in [0.05, 0.1) is 20.5 Å². The first kappa shape index (κ1) is 43.8. The van der Waals surface area contributed by atoms with Gasteiger partial charge < -0.3 is 16.4 Å². The fraction of sp³-hybridized carbons (Fsp3) is 0.316. The van der Waals surface area contributed by atoms with Crippen LogP contribution in [0.5, 0.6) is 0 Å². The molecule has 0 bridgehead atoms. The van der Waals surface area contributed by atoms with Gasteiger partial charge in [-0.1, -0.05) is 47.5 Å². The van der Waals surface area contributed by atoms with Crippen LogP contribution >= 0.6 is 46.3 Å². The summed E-state index contributed by atoms with van der Waals surface area (Å²) in [5.74, 6) is -1.63. The molecule has 2 fully saturated rings. The molecule has 0 saturated heterocycles. The molecule has 300 valence electrons. The smallest absolute Gasteiger partial charge is 0.255 e. The molecule has 4 aromatic rings. The van der Waals surface area contributed by atoms with Gasteiger partial charge in [-0.2, -0.15) is 0 Å². The lowest BCUT2D eigenvalue weighted by Crippen LogP contribution is -2.30. The van der Waals surface area contributed by atoms with Crippen molar-refractivity contribution in [1.82, 2.24) is 4.72 Å². The predicted molar refractivity (Wildman–Crippen MR) is 218 cm³/mol. The maximum Gasteiger partial charge on any atom is 0.255 e. The SMILES string of the molecule is Cl.N[C@H]1CCc2c(C(=O)Nc3ccc(F)c(Cl)c3)cccc21.O=C(Nc1ccc(F)c(Cl)c1)c1cccc2c1CC[C@@H]2NS(=O)(=O)C1CC1.O=S(=O)(Cl)C1CC1. The molecule has 5 N–H and O–H groups in total. The van der Waals surface area contributed by atoms with E-state index in [-0.39, 0.29) is 56.9 Å². The van der Waals surface area contributed by atoms with Crippen molar-refractivity contribution in [2.45, 2.75) is 74.0 Å². The molecule has 0 spiro atoms. The summed E-state index contributed by atoms with van der Waals surface area (Å²) in [6.45, 7) is 0. The second-order valence-corrected chi connectivity index (χ2v) is 19.4. The van der Waals surface area contributed by atoms with Crippen molar-refractivity contribution in [1.29, 1.82) is 0 Å². The van der Waals surface area contributed by atoms with Crippen LogP contribution in [0.25, 0.3) is 0 Å². The quantitative estimate of drug-likeness (QED) is 0.129. The first-order valence-electron chi connectivity index (χ1n) is 17.5. The molecule has 56 heavy (non-hydrogen) atoms. The maximum atomic E-state index is 13.3. The Hall–Kier alpha value is -3.34. The van der Waals surface area contributed by atoms with Crippen LogP contribution in [0.15, 0.2) is 72.8 Å². The van der Waals surface area contributed by atoms with E-state index < -0.39 is 30.7 Å². The fourth-order valence-corrected chi connectivity index (χ4v) is 9.64. The minimum absolute atomic E-state index is 0. The molecule has 0 aliphatic heterocycles. The number of hydrogen-bond acceptors (Lipinski definition) is 7. The Balaban J connectivity index is 0.000000183. The standard InChI is InChI=1S/C19H18ClFN2O3S.C16H14ClFN2O.C3H5ClO2S.ClH/c20-16-10-11(4-8-17(16)21)22-19(24)15-3-1-2-14-13(15)7-9-18(14)23-27(25,26)12-5-6-12;17-13-8-9(4-6-14(13)18)20-16(21)12-3-1-2-11-10(12)5-7-15(11)19;4-7(5,6)3-1-2-3;/h1-4,8,10,12,18,23H,5-7,9H2,(H,22,24);1-4,6,8,15H,5,7,19H2,(H,20,21);3H,1-2H2;1H/t18-;15-;;/m00../s1. The Kier molecular flexibility index (Phi) is 14.1. The van der Waals surface area contributed by atoms with Gasteiger partial charge >= 0.3 is 0 Å². The van der Waals surface area contributed by atoms with Crippen molar-refractivity contribution in [2.24, 2.45) is 5.73 Å². The Morgan fingerprint density at radius 2 is 1.12 bits per heavy atom. The van der Waals surface area contributed by atoms with Crippen LogP contribution in [0.3, 0.4) is 0 Å². The summed E-state index contributed by atoms with van der Waals surface area (Å²) in [4.78, 5) is 25.1. The number of sulfonamides is 1. The molecule has 0 unspecified atom stereocenters. The zero-order valence-electron chi connectivity index (χ0n) is 29.5. The van der Waals surface area contributed by atoms with Gasteiger partial charge in [-0.3, -0.25) is 9.59 Å². The molecule has 0 heterocycles. The average Bonchev–Trinajstić information content (AvgIpc) is 4.08. The van der Waals surface area contributed by atoms with Gasteiger partial charge in [0.2, 0.25) is 19.1 Å². The summed E-state index contributed by atoms with van der Waals surface area (Å²) >= 11 is 11.5. The molecule has 8 rings (SSSR count). The lowest BCUT2D eigenvalue weighted by Gasteiger charge is -2.15. The van der Waals surface area contributed by atoms with E-state index in [2.05, 4.69) is 15.4 Å². The van der Waals surface area contributed by atoms with Crippen LogP contribution in [0, 0.1) is 11.6 Å². The van der Waals surface area contributed by atoms with Crippen LogP contribution in [0.1, 0.15) is 93.6 Å². The number of nitrogens with two attached hydrogens (primary N) is 1. The predicted octanol–water partition coefficient (Wildman–Crippen LogP) is 8.62. The third kappa shape index (κ3) is 10.8. The molecular weight excluding hydrogens is 852 g/mol. The molecule has 0 aromatic heterocycles. The van der Waals surface area contributed by atoms with Gasteiger partial charge in [0, 0.05) is 45.3 Å². The van der Waals surface area contributed by atoms with Gasteiger partial charge in [-0.15, -0.1) is 12.4 Å². The van der Waals surface area contributed by atoms with Gasteiger partial charge in [-0.25, -0.2) is 30.3 Å². The van der Waals surface area contributed by atoms with E-state index in [1.807, 2.05) is 18.2 Å². The number of carbonyl (C=O) groups is 2. The highest BCUT2D eigenvalue weighted by Crippen LogP contribution is 2.37. The van der Waals surface area contributed by atoms with E-state index >= 15 is 0 Å². The van der Waals surface area contributed by atoms with Crippen molar-refractivity contribution in [3.05, 3.63) is 128 Å². The minimum Gasteiger partial charge on any atom is -0.324 e. The lowest BCUT2D eigenvalue weighted by molar-refractivity contribution is 0.101. The molecule has 2 amide bonds. The van der Waals surface area contributed by atoms with Gasteiger partial charge in [0.1, 0.15) is 11.6 Å². The van der Waals surface area contributed by atoms with Gasteiger partial charge in [0.15, 0.2) is 0 Å². The zero-order chi connectivity index (χ0) is 39.7.